The van der Waals surface area contributed by atoms with Crippen molar-refractivity contribution in [2.24, 2.45) is 5.92 Å². The minimum absolute atomic E-state index is 0.0513. The Balaban J connectivity index is 1.57. The first-order valence-electron chi connectivity index (χ1n) is 8.74. The van der Waals surface area contributed by atoms with Gasteiger partial charge in [-0.2, -0.15) is 0 Å². The summed E-state index contributed by atoms with van der Waals surface area (Å²) in [7, 11) is 0. The molecule has 0 unspecified atom stereocenters. The van der Waals surface area contributed by atoms with E-state index in [1.807, 2.05) is 12.1 Å². The molecule has 0 bridgehead atoms. The van der Waals surface area contributed by atoms with Gasteiger partial charge < -0.3 is 15.0 Å². The Kier molecular flexibility index (Phi) is 5.99. The summed E-state index contributed by atoms with van der Waals surface area (Å²) >= 11 is 6.40. The number of para-hydroxylation sites is 1. The molecule has 2 aromatic carbocycles. The fourth-order valence-corrected chi connectivity index (χ4v) is 3.29. The largest absolute Gasteiger partial charge is 0.481 e. The lowest BCUT2D eigenvalue weighted by molar-refractivity contribution is -0.118. The summed E-state index contributed by atoms with van der Waals surface area (Å²) < 4.78 is 18.7. The number of hydrogen-bond donors (Lipinski definition) is 1. The Labute approximate surface area is 157 Å². The van der Waals surface area contributed by atoms with E-state index in [0.29, 0.717) is 10.7 Å². The number of ether oxygens (including phenoxy) is 1. The van der Waals surface area contributed by atoms with E-state index in [9.17, 15) is 9.18 Å². The SMILES string of the molecule is CC1CCN(c2ccc(NC(=O)COc3ccccc3F)cc2Cl)CC1. The zero-order chi connectivity index (χ0) is 18.5. The van der Waals surface area contributed by atoms with Crippen molar-refractivity contribution in [3.05, 3.63) is 53.3 Å². The van der Waals surface area contributed by atoms with Crippen LogP contribution in [0.5, 0.6) is 5.75 Å². The van der Waals surface area contributed by atoms with Crippen molar-refractivity contribution in [2.45, 2.75) is 19.8 Å². The Morgan fingerprint density at radius 1 is 1.27 bits per heavy atom. The summed E-state index contributed by atoms with van der Waals surface area (Å²) in [6, 6.07) is 11.5. The average Bonchev–Trinajstić information content (AvgIpc) is 2.62. The molecule has 1 saturated heterocycles. The number of halogens is 2. The fraction of sp³-hybridized carbons (Fsp3) is 0.350. The highest BCUT2D eigenvalue weighted by molar-refractivity contribution is 6.33. The molecule has 1 aliphatic heterocycles. The molecule has 138 valence electrons. The lowest BCUT2D eigenvalue weighted by Gasteiger charge is -2.32. The normalized spacial score (nSPS) is 15.0. The number of amides is 1. The van der Waals surface area contributed by atoms with Gasteiger partial charge in [-0.3, -0.25) is 4.79 Å². The molecule has 26 heavy (non-hydrogen) atoms. The van der Waals surface area contributed by atoms with Gasteiger partial charge in [0.25, 0.3) is 5.91 Å². The third-order valence-corrected chi connectivity index (χ3v) is 4.85. The van der Waals surface area contributed by atoms with Crippen LogP contribution in [-0.2, 0) is 4.79 Å². The Morgan fingerprint density at radius 2 is 2.00 bits per heavy atom. The van der Waals surface area contributed by atoms with Crippen LogP contribution in [0.4, 0.5) is 15.8 Å². The average molecular weight is 377 g/mol. The maximum atomic E-state index is 13.5. The standard InChI is InChI=1S/C20H22ClFN2O2/c1-14-8-10-24(11-9-14)18-7-6-15(12-16(18)21)23-20(25)13-26-19-5-3-2-4-17(19)22/h2-7,12,14H,8-11,13H2,1H3,(H,23,25). The molecule has 0 aromatic heterocycles. The highest BCUT2D eigenvalue weighted by atomic mass is 35.5. The van der Waals surface area contributed by atoms with Crippen molar-refractivity contribution in [1.29, 1.82) is 0 Å². The van der Waals surface area contributed by atoms with Crippen LogP contribution in [-0.4, -0.2) is 25.6 Å². The molecule has 4 nitrogen and oxygen atoms in total. The van der Waals surface area contributed by atoms with Crippen LogP contribution in [0.15, 0.2) is 42.5 Å². The van der Waals surface area contributed by atoms with Gasteiger partial charge in [0, 0.05) is 18.8 Å². The first-order valence-corrected chi connectivity index (χ1v) is 9.12. The molecule has 1 N–H and O–H groups in total. The lowest BCUT2D eigenvalue weighted by Crippen LogP contribution is -2.32. The van der Waals surface area contributed by atoms with Crippen molar-refractivity contribution in [1.82, 2.24) is 0 Å². The molecular weight excluding hydrogens is 355 g/mol. The molecule has 0 radical (unpaired) electrons. The number of rotatable bonds is 5. The number of nitrogens with zero attached hydrogens (tertiary/aromatic N) is 1. The zero-order valence-corrected chi connectivity index (χ0v) is 15.4. The first kappa shape index (κ1) is 18.5. The van der Waals surface area contributed by atoms with Gasteiger partial charge in [-0.25, -0.2) is 4.39 Å². The molecule has 3 rings (SSSR count). The molecule has 2 aromatic rings. The number of nitrogens with one attached hydrogen (secondary N) is 1. The smallest absolute Gasteiger partial charge is 0.262 e. The van der Waals surface area contributed by atoms with Crippen LogP contribution >= 0.6 is 11.6 Å². The zero-order valence-electron chi connectivity index (χ0n) is 14.7. The molecule has 0 atom stereocenters. The summed E-state index contributed by atoms with van der Waals surface area (Å²) in [4.78, 5) is 14.3. The highest BCUT2D eigenvalue weighted by Gasteiger charge is 2.18. The van der Waals surface area contributed by atoms with E-state index >= 15 is 0 Å². The summed E-state index contributed by atoms with van der Waals surface area (Å²) in [5.74, 6) is -0.0687. The van der Waals surface area contributed by atoms with Gasteiger partial charge >= 0.3 is 0 Å². The number of carbonyl (C=O) groups is 1. The second-order valence-electron chi connectivity index (χ2n) is 6.60. The Morgan fingerprint density at radius 3 is 2.69 bits per heavy atom. The van der Waals surface area contributed by atoms with E-state index < -0.39 is 5.82 Å². The number of anilines is 2. The summed E-state index contributed by atoms with van der Waals surface area (Å²) in [5, 5.41) is 3.32. The lowest BCUT2D eigenvalue weighted by atomic mass is 9.99. The summed E-state index contributed by atoms with van der Waals surface area (Å²) in [5.41, 5.74) is 1.57. The van der Waals surface area contributed by atoms with Crippen molar-refractivity contribution in [2.75, 3.05) is 29.9 Å². The van der Waals surface area contributed by atoms with E-state index in [-0.39, 0.29) is 18.3 Å². The molecule has 0 saturated carbocycles. The minimum Gasteiger partial charge on any atom is -0.481 e. The predicted octanol–water partition coefficient (Wildman–Crippen LogP) is 4.73. The summed E-state index contributed by atoms with van der Waals surface area (Å²) in [6.45, 7) is 3.97. The van der Waals surface area contributed by atoms with Crippen LogP contribution in [0, 0.1) is 11.7 Å². The van der Waals surface area contributed by atoms with E-state index in [2.05, 4.69) is 17.1 Å². The van der Waals surface area contributed by atoms with E-state index in [1.54, 1.807) is 18.2 Å². The van der Waals surface area contributed by atoms with Gasteiger partial charge in [-0.15, -0.1) is 0 Å². The van der Waals surface area contributed by atoms with Gasteiger partial charge in [0.15, 0.2) is 18.2 Å². The van der Waals surface area contributed by atoms with Crippen molar-refractivity contribution in [3.8, 4) is 5.75 Å². The molecular formula is C20H22ClFN2O2. The van der Waals surface area contributed by atoms with Crippen LogP contribution < -0.4 is 15.0 Å². The third kappa shape index (κ3) is 4.67. The topological polar surface area (TPSA) is 41.6 Å². The molecule has 1 fully saturated rings. The second kappa shape index (κ2) is 8.41. The van der Waals surface area contributed by atoms with E-state index in [4.69, 9.17) is 16.3 Å². The Hall–Kier alpha value is -2.27. The predicted molar refractivity (Wildman–Crippen MR) is 103 cm³/mol. The quantitative estimate of drug-likeness (QED) is 0.820. The fourth-order valence-electron chi connectivity index (χ4n) is 2.99. The van der Waals surface area contributed by atoms with E-state index in [1.165, 1.54) is 12.1 Å². The molecule has 6 heteroatoms. The van der Waals surface area contributed by atoms with Crippen LogP contribution in [0.3, 0.4) is 0 Å². The monoisotopic (exact) mass is 376 g/mol. The van der Waals surface area contributed by atoms with Crippen LogP contribution in [0.2, 0.25) is 5.02 Å². The molecule has 0 aliphatic carbocycles. The maximum absolute atomic E-state index is 13.5. The number of piperidine rings is 1. The van der Waals surface area contributed by atoms with Gasteiger partial charge in [0.05, 0.1) is 10.7 Å². The van der Waals surface area contributed by atoms with Crippen molar-refractivity contribution >= 4 is 28.9 Å². The number of hydrogen-bond acceptors (Lipinski definition) is 3. The van der Waals surface area contributed by atoms with Crippen LogP contribution in [0.25, 0.3) is 0 Å². The Bertz CT molecular complexity index is 776. The molecule has 1 heterocycles. The van der Waals surface area contributed by atoms with Crippen LogP contribution in [0.1, 0.15) is 19.8 Å². The molecule has 1 aliphatic rings. The minimum atomic E-state index is -0.497. The molecule has 1 amide bonds. The highest BCUT2D eigenvalue weighted by Crippen LogP contribution is 2.31. The first-order chi connectivity index (χ1) is 12.5. The summed E-state index contributed by atoms with van der Waals surface area (Å²) in [6.07, 6.45) is 2.31. The van der Waals surface area contributed by atoms with Crippen molar-refractivity contribution in [3.63, 3.8) is 0 Å². The number of benzene rings is 2. The van der Waals surface area contributed by atoms with Gasteiger partial charge in [0.1, 0.15) is 0 Å². The van der Waals surface area contributed by atoms with Gasteiger partial charge in [0.2, 0.25) is 0 Å². The number of carbonyl (C=O) groups excluding carboxylic acids is 1. The molecule has 0 spiro atoms. The van der Waals surface area contributed by atoms with E-state index in [0.717, 1.165) is 37.5 Å². The third-order valence-electron chi connectivity index (χ3n) is 4.55. The van der Waals surface area contributed by atoms with Gasteiger partial charge in [-0.1, -0.05) is 30.7 Å². The van der Waals surface area contributed by atoms with Gasteiger partial charge in [-0.05, 0) is 49.1 Å². The maximum Gasteiger partial charge on any atom is 0.262 e. The second-order valence-corrected chi connectivity index (χ2v) is 7.01. The van der Waals surface area contributed by atoms with Crippen molar-refractivity contribution < 1.29 is 13.9 Å².